The fraction of sp³-hybridized carbons (Fsp3) is 0.250. The van der Waals surface area contributed by atoms with Gasteiger partial charge in [-0.1, -0.05) is 19.1 Å². The largest absolute Gasteiger partial charge is 0.384 e. The molecule has 0 saturated carbocycles. The van der Waals surface area contributed by atoms with Gasteiger partial charge in [-0.05, 0) is 37.1 Å². The van der Waals surface area contributed by atoms with Gasteiger partial charge in [0.1, 0.15) is 0 Å². The van der Waals surface area contributed by atoms with Crippen molar-refractivity contribution in [2.45, 2.75) is 20.3 Å². The highest BCUT2D eigenvalue weighted by molar-refractivity contribution is 6.04. The molecule has 4 nitrogen and oxygen atoms in total. The number of pyridine rings is 1. The summed E-state index contributed by atoms with van der Waals surface area (Å²) in [5.74, 6) is -0.150. The number of nitrogens with zero attached hydrogens (tertiary/aromatic N) is 1. The van der Waals surface area contributed by atoms with Gasteiger partial charge in [0.05, 0.1) is 11.3 Å². The van der Waals surface area contributed by atoms with Crippen LogP contribution < -0.4 is 10.6 Å². The van der Waals surface area contributed by atoms with Crippen molar-refractivity contribution in [2.75, 3.05) is 17.2 Å². The minimum Gasteiger partial charge on any atom is -0.384 e. The predicted molar refractivity (Wildman–Crippen MR) is 82.1 cm³/mol. The first kappa shape index (κ1) is 14.1. The van der Waals surface area contributed by atoms with Gasteiger partial charge >= 0.3 is 0 Å². The Morgan fingerprint density at radius 2 is 2.05 bits per heavy atom. The number of hydrogen-bond donors (Lipinski definition) is 2. The van der Waals surface area contributed by atoms with E-state index in [1.807, 2.05) is 37.3 Å². The molecule has 104 valence electrons. The fourth-order valence-electron chi connectivity index (χ4n) is 1.86. The zero-order valence-corrected chi connectivity index (χ0v) is 11.8. The Kier molecular flexibility index (Phi) is 4.71. The maximum atomic E-state index is 12.2. The number of aromatic nitrogens is 1. The third kappa shape index (κ3) is 3.82. The summed E-state index contributed by atoms with van der Waals surface area (Å²) in [7, 11) is 0. The van der Waals surface area contributed by atoms with Crippen LogP contribution in [0, 0.1) is 6.92 Å². The molecule has 1 aromatic carbocycles. The number of benzene rings is 1. The fourth-order valence-corrected chi connectivity index (χ4v) is 1.86. The molecule has 0 aliphatic heterocycles. The SMILES string of the molecule is CCCNc1cncc(C(=O)Nc2cccc(C)c2)c1. The molecular weight excluding hydrogens is 250 g/mol. The third-order valence-electron chi connectivity index (χ3n) is 2.86. The molecule has 0 aliphatic rings. The lowest BCUT2D eigenvalue weighted by molar-refractivity contribution is 0.102. The summed E-state index contributed by atoms with van der Waals surface area (Å²) >= 11 is 0. The van der Waals surface area contributed by atoms with Crippen LogP contribution in [0.5, 0.6) is 0 Å². The van der Waals surface area contributed by atoms with E-state index in [-0.39, 0.29) is 5.91 Å². The van der Waals surface area contributed by atoms with Crippen molar-refractivity contribution in [1.29, 1.82) is 0 Å². The summed E-state index contributed by atoms with van der Waals surface area (Å²) in [5.41, 5.74) is 3.32. The Bertz CT molecular complexity index is 596. The number of anilines is 2. The molecule has 1 amide bonds. The molecular formula is C16H19N3O. The Balaban J connectivity index is 2.09. The standard InChI is InChI=1S/C16H19N3O/c1-3-7-18-15-9-13(10-17-11-15)16(20)19-14-6-4-5-12(2)8-14/h4-6,8-11,18H,3,7H2,1-2H3,(H,19,20). The van der Waals surface area contributed by atoms with E-state index < -0.39 is 0 Å². The van der Waals surface area contributed by atoms with E-state index >= 15 is 0 Å². The quantitative estimate of drug-likeness (QED) is 0.874. The Labute approximate surface area is 119 Å². The van der Waals surface area contributed by atoms with Gasteiger partial charge in [0.2, 0.25) is 0 Å². The van der Waals surface area contributed by atoms with Gasteiger partial charge in [0, 0.05) is 24.6 Å². The predicted octanol–water partition coefficient (Wildman–Crippen LogP) is 3.46. The van der Waals surface area contributed by atoms with Crippen LogP contribution >= 0.6 is 0 Å². The summed E-state index contributed by atoms with van der Waals surface area (Å²) in [4.78, 5) is 16.3. The molecule has 2 rings (SSSR count). The van der Waals surface area contributed by atoms with Crippen LogP contribution in [0.4, 0.5) is 11.4 Å². The first-order chi connectivity index (χ1) is 9.69. The monoisotopic (exact) mass is 269 g/mol. The van der Waals surface area contributed by atoms with Crippen molar-refractivity contribution in [1.82, 2.24) is 4.98 Å². The molecule has 0 spiro atoms. The second-order valence-corrected chi connectivity index (χ2v) is 4.71. The van der Waals surface area contributed by atoms with Gasteiger partial charge < -0.3 is 10.6 Å². The number of rotatable bonds is 5. The zero-order chi connectivity index (χ0) is 14.4. The maximum absolute atomic E-state index is 12.2. The van der Waals surface area contributed by atoms with Crippen molar-refractivity contribution < 1.29 is 4.79 Å². The lowest BCUT2D eigenvalue weighted by Gasteiger charge is -2.08. The van der Waals surface area contributed by atoms with Crippen molar-refractivity contribution in [3.8, 4) is 0 Å². The van der Waals surface area contributed by atoms with Gasteiger partial charge in [-0.2, -0.15) is 0 Å². The van der Waals surface area contributed by atoms with Gasteiger partial charge in [-0.15, -0.1) is 0 Å². The molecule has 0 saturated heterocycles. The van der Waals surface area contributed by atoms with Crippen LogP contribution in [0.1, 0.15) is 29.3 Å². The summed E-state index contributed by atoms with van der Waals surface area (Å²) in [6.07, 6.45) is 4.32. The molecule has 1 heterocycles. The normalized spacial score (nSPS) is 10.1. The summed E-state index contributed by atoms with van der Waals surface area (Å²) in [6, 6.07) is 9.53. The Hall–Kier alpha value is -2.36. The minimum atomic E-state index is -0.150. The van der Waals surface area contributed by atoms with E-state index in [1.54, 1.807) is 12.4 Å². The molecule has 2 aromatic rings. The average molecular weight is 269 g/mol. The smallest absolute Gasteiger partial charge is 0.257 e. The Morgan fingerprint density at radius 1 is 1.20 bits per heavy atom. The molecule has 0 aliphatic carbocycles. The van der Waals surface area contributed by atoms with Crippen LogP contribution in [0.2, 0.25) is 0 Å². The topological polar surface area (TPSA) is 54.0 Å². The molecule has 0 bridgehead atoms. The van der Waals surface area contributed by atoms with E-state index in [0.29, 0.717) is 5.56 Å². The van der Waals surface area contributed by atoms with E-state index in [1.165, 1.54) is 0 Å². The van der Waals surface area contributed by atoms with Crippen molar-refractivity contribution >= 4 is 17.3 Å². The van der Waals surface area contributed by atoms with Gasteiger partial charge in [0.15, 0.2) is 0 Å². The molecule has 2 N–H and O–H groups in total. The van der Waals surface area contributed by atoms with Gasteiger partial charge in [-0.25, -0.2) is 0 Å². The minimum absolute atomic E-state index is 0.150. The van der Waals surface area contributed by atoms with Crippen LogP contribution in [0.25, 0.3) is 0 Å². The molecule has 0 atom stereocenters. The number of amides is 1. The number of aryl methyl sites for hydroxylation is 1. The first-order valence-corrected chi connectivity index (χ1v) is 6.76. The van der Waals surface area contributed by atoms with Crippen molar-refractivity contribution in [3.63, 3.8) is 0 Å². The molecule has 0 radical (unpaired) electrons. The second kappa shape index (κ2) is 6.70. The lowest BCUT2D eigenvalue weighted by atomic mass is 10.2. The van der Waals surface area contributed by atoms with Crippen LogP contribution in [-0.4, -0.2) is 17.4 Å². The van der Waals surface area contributed by atoms with Crippen LogP contribution in [0.15, 0.2) is 42.7 Å². The summed E-state index contributed by atoms with van der Waals surface area (Å²) < 4.78 is 0. The van der Waals surface area contributed by atoms with Crippen molar-refractivity contribution in [3.05, 3.63) is 53.9 Å². The highest BCUT2D eigenvalue weighted by atomic mass is 16.1. The maximum Gasteiger partial charge on any atom is 0.257 e. The third-order valence-corrected chi connectivity index (χ3v) is 2.86. The molecule has 20 heavy (non-hydrogen) atoms. The molecule has 4 heteroatoms. The van der Waals surface area contributed by atoms with Crippen molar-refractivity contribution in [2.24, 2.45) is 0 Å². The van der Waals surface area contributed by atoms with Gasteiger partial charge in [0.25, 0.3) is 5.91 Å². The lowest BCUT2D eigenvalue weighted by Crippen LogP contribution is -2.13. The number of carbonyl (C=O) groups is 1. The van der Waals surface area contributed by atoms with E-state index in [9.17, 15) is 4.79 Å². The number of nitrogens with one attached hydrogen (secondary N) is 2. The average Bonchev–Trinajstić information content (AvgIpc) is 2.45. The Morgan fingerprint density at radius 3 is 2.80 bits per heavy atom. The highest BCUT2D eigenvalue weighted by Crippen LogP contribution is 2.13. The highest BCUT2D eigenvalue weighted by Gasteiger charge is 2.07. The zero-order valence-electron chi connectivity index (χ0n) is 11.8. The van der Waals surface area contributed by atoms with E-state index in [4.69, 9.17) is 0 Å². The summed E-state index contributed by atoms with van der Waals surface area (Å²) in [5, 5.41) is 6.10. The van der Waals surface area contributed by atoms with Crippen LogP contribution in [0.3, 0.4) is 0 Å². The van der Waals surface area contributed by atoms with Crippen LogP contribution in [-0.2, 0) is 0 Å². The molecule has 0 fully saturated rings. The van der Waals surface area contributed by atoms with E-state index in [0.717, 1.165) is 29.9 Å². The van der Waals surface area contributed by atoms with E-state index in [2.05, 4.69) is 22.5 Å². The van der Waals surface area contributed by atoms with Gasteiger partial charge in [-0.3, -0.25) is 9.78 Å². The molecule has 0 unspecified atom stereocenters. The second-order valence-electron chi connectivity index (χ2n) is 4.71. The number of carbonyl (C=O) groups excluding carboxylic acids is 1. The number of hydrogen-bond acceptors (Lipinski definition) is 3. The molecule has 1 aromatic heterocycles. The first-order valence-electron chi connectivity index (χ1n) is 6.76. The summed E-state index contributed by atoms with van der Waals surface area (Å²) in [6.45, 7) is 4.95.